The lowest BCUT2D eigenvalue weighted by Gasteiger charge is -2.18. The molecule has 34 heavy (non-hydrogen) atoms. The smallest absolute Gasteiger partial charge is 0.490 e. The maximum absolute atomic E-state index is 12.1. The number of ether oxygens (including phenoxy) is 1. The molecule has 3 heterocycles. The van der Waals surface area contributed by atoms with Crippen molar-refractivity contribution in [2.24, 2.45) is 7.05 Å². The molecule has 3 rings (SSSR count). The number of aliphatic hydroxyl groups is 2. The fourth-order valence-corrected chi connectivity index (χ4v) is 6.01. The molecule has 0 aliphatic carbocycles. The lowest BCUT2D eigenvalue weighted by atomic mass is 10.1. The highest BCUT2D eigenvalue weighted by molar-refractivity contribution is 7.66. The van der Waals surface area contributed by atoms with Crippen molar-refractivity contribution in [1.29, 1.82) is 0 Å². The third kappa shape index (κ3) is 6.35. The van der Waals surface area contributed by atoms with E-state index in [4.69, 9.17) is 25.2 Å². The van der Waals surface area contributed by atoms with Crippen LogP contribution in [0.15, 0.2) is 6.33 Å². The van der Waals surface area contributed by atoms with E-state index in [-0.39, 0.29) is 24.5 Å². The molecule has 0 spiro atoms. The van der Waals surface area contributed by atoms with Gasteiger partial charge in [-0.1, -0.05) is 12.4 Å². The van der Waals surface area contributed by atoms with Gasteiger partial charge >= 0.3 is 29.1 Å². The highest BCUT2D eigenvalue weighted by Gasteiger charge is 2.48. The summed E-state index contributed by atoms with van der Waals surface area (Å²) in [6.45, 7) is -1.01. The second-order valence-corrected chi connectivity index (χ2v) is 11.0. The van der Waals surface area contributed by atoms with Crippen molar-refractivity contribution in [2.45, 2.75) is 32.0 Å². The van der Waals surface area contributed by atoms with Crippen LogP contribution in [-0.4, -0.2) is 69.2 Å². The monoisotopic (exact) mass is 553 g/mol. The summed E-state index contributed by atoms with van der Waals surface area (Å²) in [5.74, 6) is -1.10. The van der Waals surface area contributed by atoms with Gasteiger partial charge in [0.05, 0.1) is 13.7 Å². The fraction of sp³-hybridized carbons (Fsp3) is 0.583. The molecule has 6 atom stereocenters. The standard InChI is InChI=1S/C11H18N5O14P3.CH4/c1-15-3-16(8-5(15)9(19)14-11(12)13-8)10-7(18)6(17)4(28-10)2-27-32(23,24)30-33(25,26)29-31(20,21)22;/h3-4,6-7,10,17-18H,2H2,1H3,(H6-,12,13,14,19,20,21,22,23,24,25,26);1H4. The zero-order valence-electron chi connectivity index (χ0n) is 16.3. The molecule has 194 valence electrons. The Kier molecular flexibility index (Phi) is 8.29. The van der Waals surface area contributed by atoms with E-state index < -0.39 is 60.5 Å². The lowest BCUT2D eigenvalue weighted by molar-refractivity contribution is -0.745. The highest BCUT2D eigenvalue weighted by atomic mass is 31.3. The van der Waals surface area contributed by atoms with Crippen LogP contribution in [0.25, 0.3) is 11.2 Å². The second kappa shape index (κ2) is 9.83. The van der Waals surface area contributed by atoms with Gasteiger partial charge in [-0.25, -0.2) is 23.2 Å². The predicted octanol–water partition coefficient (Wildman–Crippen LogP) is -2.49. The first-order valence-electron chi connectivity index (χ1n) is 8.50. The minimum Gasteiger partial charge on any atom is -0.856 e. The molecule has 8 N–H and O–H groups in total. The molecule has 22 heteroatoms. The molecule has 1 fully saturated rings. The van der Waals surface area contributed by atoms with Crippen LogP contribution in [0.1, 0.15) is 13.7 Å². The predicted molar refractivity (Wildman–Crippen MR) is 105 cm³/mol. The van der Waals surface area contributed by atoms with Crippen LogP contribution in [0.4, 0.5) is 5.95 Å². The third-order valence-electron chi connectivity index (χ3n) is 4.18. The van der Waals surface area contributed by atoms with Gasteiger partial charge in [0.25, 0.3) is 5.95 Å². The van der Waals surface area contributed by atoms with Crippen molar-refractivity contribution in [2.75, 3.05) is 12.3 Å². The first kappa shape index (κ1) is 28.7. The van der Waals surface area contributed by atoms with Gasteiger partial charge < -0.3 is 45.4 Å². The van der Waals surface area contributed by atoms with Gasteiger partial charge in [0.2, 0.25) is 6.23 Å². The first-order valence-corrected chi connectivity index (χ1v) is 13.0. The van der Waals surface area contributed by atoms with E-state index in [0.717, 1.165) is 4.57 Å². The summed E-state index contributed by atoms with van der Waals surface area (Å²) in [6, 6.07) is 0. The molecule has 0 aromatic carbocycles. The molecule has 6 unspecified atom stereocenters. The Balaban J connectivity index is 0.00000408. The van der Waals surface area contributed by atoms with Crippen LogP contribution >= 0.6 is 23.5 Å². The molecular formula is C12H22N5O14P3. The van der Waals surface area contributed by atoms with Crippen LogP contribution in [-0.2, 0) is 38.6 Å². The number of imidazole rings is 1. The molecule has 1 aliphatic rings. The average molecular weight is 553 g/mol. The number of hydrogen-bond acceptors (Lipinski definition) is 13. The topological polar surface area (TPSA) is 293 Å². The average Bonchev–Trinajstić information content (AvgIpc) is 3.07. The number of aliphatic hydroxyl groups excluding tert-OH is 2. The number of phosphoric ester groups is 1. The Labute approximate surface area is 190 Å². The normalized spacial score (nSPS) is 26.7. The number of aromatic nitrogens is 4. The first-order chi connectivity index (χ1) is 15.0. The Hall–Kier alpha value is -1.56. The summed E-state index contributed by atoms with van der Waals surface area (Å²) in [5, 5.41) is 32.6. The molecule has 1 saturated heterocycles. The van der Waals surface area contributed by atoms with Crippen LogP contribution in [0, 0.1) is 0 Å². The number of fused-ring (bicyclic) bond motifs is 1. The summed E-state index contributed by atoms with van der Waals surface area (Å²) in [7, 11) is -15.3. The maximum atomic E-state index is 12.1. The Morgan fingerprint density at radius 2 is 1.76 bits per heavy atom. The number of anilines is 1. The van der Waals surface area contributed by atoms with Gasteiger partial charge in [0.1, 0.15) is 18.3 Å². The van der Waals surface area contributed by atoms with E-state index >= 15 is 0 Å². The van der Waals surface area contributed by atoms with E-state index in [1.165, 1.54) is 17.9 Å². The lowest BCUT2D eigenvalue weighted by Crippen LogP contribution is -2.46. The number of nitrogens with zero attached hydrogens (tertiary/aromatic N) is 4. The highest BCUT2D eigenvalue weighted by Crippen LogP contribution is 2.66. The van der Waals surface area contributed by atoms with E-state index in [9.17, 15) is 33.9 Å². The fourth-order valence-electron chi connectivity index (χ4n) is 2.98. The number of aryl methyl sites for hydroxylation is 1. The van der Waals surface area contributed by atoms with Crippen LogP contribution in [0.3, 0.4) is 0 Å². The number of hydrogen-bond donors (Lipinski definition) is 7. The Morgan fingerprint density at radius 1 is 1.15 bits per heavy atom. The van der Waals surface area contributed by atoms with Gasteiger partial charge in [-0.05, 0) is 0 Å². The quantitative estimate of drug-likeness (QED) is 0.131. The van der Waals surface area contributed by atoms with Crippen LogP contribution in [0.2, 0.25) is 0 Å². The minimum atomic E-state index is -5.73. The second-order valence-electron chi connectivity index (χ2n) is 6.63. The zero-order valence-corrected chi connectivity index (χ0v) is 18.9. The molecule has 1 aliphatic heterocycles. The van der Waals surface area contributed by atoms with Crippen molar-refractivity contribution in [3.8, 4) is 5.88 Å². The Morgan fingerprint density at radius 3 is 2.35 bits per heavy atom. The van der Waals surface area contributed by atoms with E-state index in [1.54, 1.807) is 0 Å². The number of nitrogen functional groups attached to an aromatic ring is 1. The van der Waals surface area contributed by atoms with E-state index in [0.29, 0.717) is 0 Å². The summed E-state index contributed by atoms with van der Waals surface area (Å²) >= 11 is 0. The maximum Gasteiger partial charge on any atom is 0.490 e. The summed E-state index contributed by atoms with van der Waals surface area (Å²) in [4.78, 5) is 43.1. The zero-order chi connectivity index (χ0) is 24.9. The number of phosphoric acid groups is 3. The largest absolute Gasteiger partial charge is 0.856 e. The summed E-state index contributed by atoms with van der Waals surface area (Å²) < 4.78 is 53.3. The van der Waals surface area contributed by atoms with Gasteiger partial charge in [-0.3, -0.25) is 9.09 Å². The third-order valence-corrected chi connectivity index (χ3v) is 7.98. The SMILES string of the molecule is C.Cn1c[n+](C2OC(COP(=O)(O)OP(=O)(O)OP(=O)(O)O)C(O)C2O)c2nc(N)nc([O-])c21. The van der Waals surface area contributed by atoms with Gasteiger partial charge in [0, 0.05) is 5.88 Å². The van der Waals surface area contributed by atoms with E-state index in [2.05, 4.69) is 23.1 Å². The van der Waals surface area contributed by atoms with Crippen molar-refractivity contribution in [3.63, 3.8) is 0 Å². The van der Waals surface area contributed by atoms with Gasteiger partial charge in [-0.15, -0.1) is 0 Å². The minimum absolute atomic E-state index is 0. The van der Waals surface area contributed by atoms with E-state index in [1.807, 2.05) is 0 Å². The van der Waals surface area contributed by atoms with Crippen LogP contribution in [0.5, 0.6) is 5.88 Å². The molecule has 0 bridgehead atoms. The number of rotatable bonds is 8. The molecule has 2 aromatic heterocycles. The molecule has 0 amide bonds. The molecule has 0 saturated carbocycles. The molecule has 2 aromatic rings. The van der Waals surface area contributed by atoms with Gasteiger partial charge in [0.15, 0.2) is 11.8 Å². The van der Waals surface area contributed by atoms with Crippen molar-refractivity contribution < 1.29 is 71.0 Å². The summed E-state index contributed by atoms with van der Waals surface area (Å²) in [5.41, 5.74) is 5.42. The number of nitrogens with two attached hydrogens (primary N) is 1. The summed E-state index contributed by atoms with van der Waals surface area (Å²) in [6.07, 6.45) is -5.06. The molecule has 19 nitrogen and oxygen atoms in total. The van der Waals surface area contributed by atoms with Gasteiger partial charge in [-0.2, -0.15) is 8.62 Å². The van der Waals surface area contributed by atoms with Crippen LogP contribution < -0.4 is 15.4 Å². The molecular weight excluding hydrogens is 531 g/mol. The van der Waals surface area contributed by atoms with Crippen molar-refractivity contribution in [1.82, 2.24) is 14.5 Å². The van der Waals surface area contributed by atoms with Crippen molar-refractivity contribution in [3.05, 3.63) is 6.33 Å². The molecule has 0 radical (unpaired) electrons. The Bertz CT molecular complexity index is 1200. The van der Waals surface area contributed by atoms with Crippen molar-refractivity contribution >= 4 is 40.6 Å².